The standard InChI is InChI=1S/C13H17N3O/c1-9(5-7-14)13-15-8-6-11(16-13)12-4-3-10(2)17-12/h3-4,6,8-9H,5,7,14H2,1-2H3. The summed E-state index contributed by atoms with van der Waals surface area (Å²) >= 11 is 0. The van der Waals surface area contributed by atoms with Crippen molar-refractivity contribution in [1.82, 2.24) is 9.97 Å². The Hall–Kier alpha value is -1.68. The zero-order valence-electron chi connectivity index (χ0n) is 10.2. The van der Waals surface area contributed by atoms with Crippen LogP contribution < -0.4 is 5.73 Å². The Balaban J connectivity index is 2.28. The predicted molar refractivity (Wildman–Crippen MR) is 66.6 cm³/mol. The van der Waals surface area contributed by atoms with Gasteiger partial charge in [0.05, 0.1) is 0 Å². The number of nitrogens with two attached hydrogens (primary N) is 1. The lowest BCUT2D eigenvalue weighted by molar-refractivity contribution is 0.545. The smallest absolute Gasteiger partial charge is 0.152 e. The van der Waals surface area contributed by atoms with Gasteiger partial charge in [-0.1, -0.05) is 6.92 Å². The minimum Gasteiger partial charge on any atom is -0.460 e. The summed E-state index contributed by atoms with van der Waals surface area (Å²) in [5, 5.41) is 0. The highest BCUT2D eigenvalue weighted by atomic mass is 16.3. The molecule has 4 heteroatoms. The fourth-order valence-electron chi connectivity index (χ4n) is 1.70. The second kappa shape index (κ2) is 5.10. The van der Waals surface area contributed by atoms with Gasteiger partial charge in [-0.15, -0.1) is 0 Å². The summed E-state index contributed by atoms with van der Waals surface area (Å²) in [5.41, 5.74) is 6.37. The van der Waals surface area contributed by atoms with Crippen molar-refractivity contribution in [2.45, 2.75) is 26.2 Å². The first-order valence-corrected chi connectivity index (χ1v) is 5.80. The Kier molecular flexibility index (Phi) is 3.54. The van der Waals surface area contributed by atoms with E-state index in [9.17, 15) is 0 Å². The largest absolute Gasteiger partial charge is 0.460 e. The van der Waals surface area contributed by atoms with Crippen LogP contribution >= 0.6 is 0 Å². The monoisotopic (exact) mass is 231 g/mol. The third-order valence-electron chi connectivity index (χ3n) is 2.71. The third kappa shape index (κ3) is 2.71. The Labute approximate surface area is 101 Å². The van der Waals surface area contributed by atoms with Gasteiger partial charge < -0.3 is 10.2 Å². The van der Waals surface area contributed by atoms with Gasteiger partial charge in [0.25, 0.3) is 0 Å². The second-order valence-electron chi connectivity index (χ2n) is 4.19. The maximum absolute atomic E-state index is 5.55. The van der Waals surface area contributed by atoms with Crippen LogP contribution in [0.2, 0.25) is 0 Å². The zero-order valence-corrected chi connectivity index (χ0v) is 10.2. The SMILES string of the molecule is Cc1ccc(-c2ccnc(C(C)CCN)n2)o1. The van der Waals surface area contributed by atoms with Crippen LogP contribution in [-0.2, 0) is 0 Å². The fourth-order valence-corrected chi connectivity index (χ4v) is 1.70. The lowest BCUT2D eigenvalue weighted by atomic mass is 10.1. The summed E-state index contributed by atoms with van der Waals surface area (Å²) in [6.45, 7) is 4.65. The molecule has 2 aromatic rings. The highest BCUT2D eigenvalue weighted by Gasteiger charge is 2.10. The Bertz CT molecular complexity index is 493. The van der Waals surface area contributed by atoms with Crippen LogP contribution in [0.1, 0.15) is 30.8 Å². The molecule has 0 aromatic carbocycles. The molecule has 17 heavy (non-hydrogen) atoms. The molecule has 1 unspecified atom stereocenters. The molecule has 2 heterocycles. The van der Waals surface area contributed by atoms with E-state index in [1.54, 1.807) is 6.20 Å². The van der Waals surface area contributed by atoms with Gasteiger partial charge in [-0.25, -0.2) is 9.97 Å². The van der Waals surface area contributed by atoms with Gasteiger partial charge >= 0.3 is 0 Å². The van der Waals surface area contributed by atoms with Crippen LogP contribution in [0, 0.1) is 6.92 Å². The second-order valence-corrected chi connectivity index (χ2v) is 4.19. The first kappa shape index (κ1) is 11.8. The van der Waals surface area contributed by atoms with Crippen LogP contribution in [0.5, 0.6) is 0 Å². The molecular weight excluding hydrogens is 214 g/mol. The van der Waals surface area contributed by atoms with Gasteiger partial charge in [0.15, 0.2) is 5.76 Å². The Morgan fingerprint density at radius 2 is 2.18 bits per heavy atom. The van der Waals surface area contributed by atoms with E-state index in [1.165, 1.54) is 0 Å². The number of furan rings is 1. The quantitative estimate of drug-likeness (QED) is 0.878. The average Bonchev–Trinajstić information content (AvgIpc) is 2.76. The van der Waals surface area contributed by atoms with Crippen molar-refractivity contribution in [3.63, 3.8) is 0 Å². The first-order chi connectivity index (χ1) is 8.20. The van der Waals surface area contributed by atoms with E-state index in [1.807, 2.05) is 25.1 Å². The van der Waals surface area contributed by atoms with E-state index in [0.29, 0.717) is 6.54 Å². The highest BCUT2D eigenvalue weighted by molar-refractivity contribution is 5.51. The van der Waals surface area contributed by atoms with Gasteiger partial charge in [0, 0.05) is 12.1 Å². The first-order valence-electron chi connectivity index (χ1n) is 5.80. The zero-order chi connectivity index (χ0) is 12.3. The summed E-state index contributed by atoms with van der Waals surface area (Å²) in [6, 6.07) is 5.71. The van der Waals surface area contributed by atoms with E-state index in [2.05, 4.69) is 16.9 Å². The van der Waals surface area contributed by atoms with Crippen molar-refractivity contribution in [2.24, 2.45) is 5.73 Å². The molecule has 2 rings (SSSR count). The van der Waals surface area contributed by atoms with Crippen molar-refractivity contribution < 1.29 is 4.42 Å². The highest BCUT2D eigenvalue weighted by Crippen LogP contribution is 2.21. The summed E-state index contributed by atoms with van der Waals surface area (Å²) in [7, 11) is 0. The molecule has 0 bridgehead atoms. The van der Waals surface area contributed by atoms with Crippen LogP contribution in [0.25, 0.3) is 11.5 Å². The lowest BCUT2D eigenvalue weighted by Gasteiger charge is -2.08. The number of aryl methyl sites for hydroxylation is 1. The van der Waals surface area contributed by atoms with Crippen LogP contribution in [0.4, 0.5) is 0 Å². The lowest BCUT2D eigenvalue weighted by Crippen LogP contribution is -2.07. The van der Waals surface area contributed by atoms with Crippen molar-refractivity contribution in [1.29, 1.82) is 0 Å². The van der Waals surface area contributed by atoms with Gasteiger partial charge in [-0.05, 0) is 38.1 Å². The van der Waals surface area contributed by atoms with Gasteiger partial charge in [-0.2, -0.15) is 0 Å². The molecule has 2 aromatic heterocycles. The molecule has 0 aliphatic carbocycles. The van der Waals surface area contributed by atoms with Crippen LogP contribution in [0.3, 0.4) is 0 Å². The molecule has 1 atom stereocenters. The topological polar surface area (TPSA) is 64.9 Å². The molecule has 4 nitrogen and oxygen atoms in total. The molecule has 0 fully saturated rings. The summed E-state index contributed by atoms with van der Waals surface area (Å²) in [5.74, 6) is 2.76. The van der Waals surface area contributed by atoms with Crippen LogP contribution in [0.15, 0.2) is 28.8 Å². The molecule has 0 saturated carbocycles. The molecule has 0 radical (unpaired) electrons. The normalized spacial score (nSPS) is 12.6. The molecule has 2 N–H and O–H groups in total. The molecule has 0 aliphatic rings. The van der Waals surface area contributed by atoms with Crippen molar-refractivity contribution in [3.05, 3.63) is 36.0 Å². The Morgan fingerprint density at radius 3 is 2.82 bits per heavy atom. The minimum absolute atomic E-state index is 0.274. The van der Waals surface area contributed by atoms with E-state index >= 15 is 0 Å². The van der Waals surface area contributed by atoms with Gasteiger partial charge in [0.1, 0.15) is 17.3 Å². The molecule has 90 valence electrons. The van der Waals surface area contributed by atoms with Crippen LogP contribution in [-0.4, -0.2) is 16.5 Å². The van der Waals surface area contributed by atoms with Crippen molar-refractivity contribution in [2.75, 3.05) is 6.54 Å². The van der Waals surface area contributed by atoms with Gasteiger partial charge in [-0.3, -0.25) is 0 Å². The van der Waals surface area contributed by atoms with Crippen molar-refractivity contribution in [3.8, 4) is 11.5 Å². The number of aromatic nitrogens is 2. The van der Waals surface area contributed by atoms with E-state index in [0.717, 1.165) is 29.5 Å². The fraction of sp³-hybridized carbons (Fsp3) is 0.385. The molecule has 0 aliphatic heterocycles. The molecule has 0 amide bonds. The van der Waals surface area contributed by atoms with E-state index in [-0.39, 0.29) is 5.92 Å². The molecular formula is C13H17N3O. The number of hydrogen-bond acceptors (Lipinski definition) is 4. The van der Waals surface area contributed by atoms with Crippen molar-refractivity contribution >= 4 is 0 Å². The third-order valence-corrected chi connectivity index (χ3v) is 2.71. The van der Waals surface area contributed by atoms with E-state index < -0.39 is 0 Å². The minimum atomic E-state index is 0.274. The maximum Gasteiger partial charge on any atom is 0.152 e. The van der Waals surface area contributed by atoms with Gasteiger partial charge in [0.2, 0.25) is 0 Å². The maximum atomic E-state index is 5.55. The average molecular weight is 231 g/mol. The molecule has 0 saturated heterocycles. The summed E-state index contributed by atoms with van der Waals surface area (Å²) in [4.78, 5) is 8.80. The predicted octanol–water partition coefficient (Wildman–Crippen LogP) is 2.50. The number of rotatable bonds is 4. The summed E-state index contributed by atoms with van der Waals surface area (Å²) < 4.78 is 5.55. The summed E-state index contributed by atoms with van der Waals surface area (Å²) in [6.07, 6.45) is 2.66. The Morgan fingerprint density at radius 1 is 1.35 bits per heavy atom. The number of hydrogen-bond donors (Lipinski definition) is 1. The number of nitrogens with zero attached hydrogens (tertiary/aromatic N) is 2. The molecule has 0 spiro atoms. The van der Waals surface area contributed by atoms with E-state index in [4.69, 9.17) is 10.2 Å².